The first-order chi connectivity index (χ1) is 22.6. The summed E-state index contributed by atoms with van der Waals surface area (Å²) in [7, 11) is 0. The van der Waals surface area contributed by atoms with Crippen LogP contribution in [0.1, 0.15) is 58.4 Å². The Balaban J connectivity index is 1.29. The third-order valence-electron chi connectivity index (χ3n) is 9.86. The monoisotopic (exact) mass is 675 g/mol. The number of pyridine rings is 1. The van der Waals surface area contributed by atoms with Crippen LogP contribution in [0.2, 0.25) is 0 Å². The van der Waals surface area contributed by atoms with Crippen LogP contribution in [0.25, 0.3) is 22.2 Å². The van der Waals surface area contributed by atoms with Crippen molar-refractivity contribution in [3.8, 4) is 17.3 Å². The molecule has 4 aliphatic heterocycles. The van der Waals surface area contributed by atoms with Crippen LogP contribution in [0.3, 0.4) is 0 Å². The molecule has 10 nitrogen and oxygen atoms in total. The second-order valence-electron chi connectivity index (χ2n) is 14.3. The van der Waals surface area contributed by atoms with Crippen LogP contribution in [-0.2, 0) is 10.9 Å². The largest absolute Gasteiger partial charge is 0.461 e. The van der Waals surface area contributed by atoms with Gasteiger partial charge in [0, 0.05) is 37.0 Å². The molecule has 0 saturated carbocycles. The number of ether oxygens (including phenoxy) is 2. The molecule has 0 radical (unpaired) electrons. The molecule has 3 aromatic rings. The zero-order valence-electron chi connectivity index (χ0n) is 27.0. The molecule has 0 unspecified atom stereocenters. The quantitative estimate of drug-likeness (QED) is 0.327. The summed E-state index contributed by atoms with van der Waals surface area (Å²) in [5, 5.41) is 0.261. The number of nitrogen functional groups attached to an aromatic ring is 1. The van der Waals surface area contributed by atoms with Crippen molar-refractivity contribution in [2.75, 3.05) is 43.4 Å². The lowest BCUT2D eigenvalue weighted by Crippen LogP contribution is -2.57. The van der Waals surface area contributed by atoms with E-state index in [9.17, 15) is 22.4 Å². The van der Waals surface area contributed by atoms with E-state index in [2.05, 4.69) is 14.9 Å². The second-order valence-corrected chi connectivity index (χ2v) is 14.3. The van der Waals surface area contributed by atoms with Gasteiger partial charge in [-0.1, -0.05) is 0 Å². The smallest absolute Gasteiger partial charge is 0.418 e. The summed E-state index contributed by atoms with van der Waals surface area (Å²) >= 11 is 0. The highest BCUT2D eigenvalue weighted by Crippen LogP contribution is 2.43. The molecule has 15 heteroatoms. The minimum atomic E-state index is -4.82. The lowest BCUT2D eigenvalue weighted by Gasteiger charge is -2.42. The Kier molecular flexibility index (Phi) is 7.83. The summed E-state index contributed by atoms with van der Waals surface area (Å²) in [5.74, 6) is -0.912. The Labute approximate surface area is 274 Å². The second kappa shape index (κ2) is 11.6. The van der Waals surface area contributed by atoms with Gasteiger partial charge in [-0.25, -0.2) is 18.6 Å². The molecule has 2 aromatic heterocycles. The fourth-order valence-corrected chi connectivity index (χ4v) is 7.86. The third-order valence-corrected chi connectivity index (χ3v) is 9.86. The van der Waals surface area contributed by atoms with Crippen LogP contribution >= 0.6 is 0 Å². The number of carbonyl (C=O) groups is 1. The minimum absolute atomic E-state index is 0.0757. The van der Waals surface area contributed by atoms with Gasteiger partial charge in [-0.15, -0.1) is 0 Å². The van der Waals surface area contributed by atoms with E-state index in [1.54, 1.807) is 25.7 Å². The van der Waals surface area contributed by atoms with E-state index in [1.165, 1.54) is 12.1 Å². The number of amides is 1. The predicted octanol–water partition coefficient (Wildman–Crippen LogP) is 5.98. The van der Waals surface area contributed by atoms with Gasteiger partial charge in [-0.05, 0) is 77.3 Å². The number of rotatable bonds is 5. The minimum Gasteiger partial charge on any atom is -0.461 e. The summed E-state index contributed by atoms with van der Waals surface area (Å²) in [5.41, 5.74) is 2.06. The molecule has 4 saturated heterocycles. The van der Waals surface area contributed by atoms with Crippen molar-refractivity contribution in [2.24, 2.45) is 0 Å². The van der Waals surface area contributed by atoms with Crippen molar-refractivity contribution in [2.45, 2.75) is 88.4 Å². The number of nitrogens with two attached hydrogens (primary N) is 1. The van der Waals surface area contributed by atoms with Gasteiger partial charge in [-0.2, -0.15) is 23.1 Å². The number of hydrogen-bond acceptors (Lipinski definition) is 9. The lowest BCUT2D eigenvalue weighted by atomic mass is 9.95. The maximum absolute atomic E-state index is 16.5. The zero-order valence-corrected chi connectivity index (χ0v) is 27.0. The summed E-state index contributed by atoms with van der Waals surface area (Å²) < 4.78 is 84.8. The predicted molar refractivity (Wildman–Crippen MR) is 168 cm³/mol. The molecule has 1 aromatic carbocycles. The lowest BCUT2D eigenvalue weighted by molar-refractivity contribution is -0.137. The van der Waals surface area contributed by atoms with Crippen LogP contribution in [0, 0.1) is 5.82 Å². The maximum atomic E-state index is 16.5. The van der Waals surface area contributed by atoms with Gasteiger partial charge in [0.05, 0.1) is 28.9 Å². The normalized spacial score (nSPS) is 26.0. The number of nitrogens with zero attached hydrogens (tertiary/aromatic N) is 6. The molecule has 4 fully saturated rings. The van der Waals surface area contributed by atoms with E-state index >= 15 is 4.39 Å². The summed E-state index contributed by atoms with van der Waals surface area (Å²) in [6, 6.07) is 3.91. The van der Waals surface area contributed by atoms with E-state index in [0.29, 0.717) is 31.9 Å². The zero-order chi connectivity index (χ0) is 34.2. The number of piperazine rings is 1. The van der Waals surface area contributed by atoms with Crippen LogP contribution in [0.4, 0.5) is 38.4 Å². The Morgan fingerprint density at radius 1 is 1.04 bits per heavy atom. The van der Waals surface area contributed by atoms with Crippen molar-refractivity contribution in [3.63, 3.8) is 0 Å². The number of anilines is 2. The molecule has 258 valence electrons. The topological polar surface area (TPSA) is 110 Å². The van der Waals surface area contributed by atoms with Gasteiger partial charge in [0.15, 0.2) is 5.82 Å². The molecule has 7 rings (SSSR count). The molecule has 0 aliphatic carbocycles. The van der Waals surface area contributed by atoms with Crippen LogP contribution in [-0.4, -0.2) is 93.0 Å². The molecule has 1 amide bonds. The third kappa shape index (κ3) is 5.83. The van der Waals surface area contributed by atoms with E-state index < -0.39 is 52.2 Å². The summed E-state index contributed by atoms with van der Waals surface area (Å²) in [6.45, 7) is 7.27. The Hall–Kier alpha value is -4.01. The van der Waals surface area contributed by atoms with Crippen LogP contribution < -0.4 is 15.4 Å². The van der Waals surface area contributed by atoms with Gasteiger partial charge < -0.3 is 20.1 Å². The fourth-order valence-electron chi connectivity index (χ4n) is 7.86. The van der Waals surface area contributed by atoms with Gasteiger partial charge >= 0.3 is 18.3 Å². The van der Waals surface area contributed by atoms with Gasteiger partial charge in [0.1, 0.15) is 35.5 Å². The summed E-state index contributed by atoms with van der Waals surface area (Å²) in [4.78, 5) is 31.8. The first-order valence-electron chi connectivity index (χ1n) is 16.2. The Morgan fingerprint density at radius 3 is 2.46 bits per heavy atom. The Bertz CT molecular complexity index is 1740. The molecule has 0 spiro atoms. The van der Waals surface area contributed by atoms with Crippen LogP contribution in [0.5, 0.6) is 6.01 Å². The molecule has 4 atom stereocenters. The molecular formula is C33H38F5N7O3. The van der Waals surface area contributed by atoms with Gasteiger partial charge in [0.2, 0.25) is 0 Å². The molecule has 6 heterocycles. The first kappa shape index (κ1) is 32.5. The maximum Gasteiger partial charge on any atom is 0.418 e. The van der Waals surface area contributed by atoms with Gasteiger partial charge in [0.25, 0.3) is 0 Å². The Morgan fingerprint density at radius 2 is 1.77 bits per heavy atom. The fraction of sp³-hybridized carbons (Fsp3) is 0.576. The highest BCUT2D eigenvalue weighted by atomic mass is 19.4. The number of aromatic nitrogens is 3. The molecule has 48 heavy (non-hydrogen) atoms. The average Bonchev–Trinajstić information content (AvgIpc) is 3.61. The molecular weight excluding hydrogens is 637 g/mol. The average molecular weight is 676 g/mol. The SMILES string of the molecule is CC(C)(C)OC(=O)N1[C@@H]2CC[C@H]1CN(c1nc(OC[C@@]34CCCN3C[C@H](F)C4)nc3c(F)c(-c4nc(N)ccc4C(F)(F)F)ccc13)C2. The highest BCUT2D eigenvalue weighted by molar-refractivity contribution is 5.94. The van der Waals surface area contributed by atoms with E-state index in [1.807, 2.05) is 4.90 Å². The van der Waals surface area contributed by atoms with Crippen LogP contribution in [0.15, 0.2) is 24.3 Å². The number of carbonyl (C=O) groups excluding carboxylic acids is 1. The van der Waals surface area contributed by atoms with Gasteiger partial charge in [-0.3, -0.25) is 9.80 Å². The van der Waals surface area contributed by atoms with Crippen molar-refractivity contribution in [3.05, 3.63) is 35.6 Å². The number of alkyl halides is 4. The van der Waals surface area contributed by atoms with Crippen molar-refractivity contribution < 1.29 is 36.2 Å². The molecule has 4 aliphatic rings. The van der Waals surface area contributed by atoms with E-state index in [4.69, 9.17) is 20.2 Å². The molecule has 2 N–H and O–H groups in total. The van der Waals surface area contributed by atoms with Crippen molar-refractivity contribution in [1.82, 2.24) is 24.8 Å². The first-order valence-corrected chi connectivity index (χ1v) is 16.2. The molecule has 2 bridgehead atoms. The number of benzene rings is 1. The van der Waals surface area contributed by atoms with Crippen molar-refractivity contribution >= 4 is 28.6 Å². The summed E-state index contributed by atoms with van der Waals surface area (Å²) in [6.07, 6.45) is -2.85. The van der Waals surface area contributed by atoms with E-state index in [-0.39, 0.29) is 41.4 Å². The number of halogens is 5. The number of fused-ring (bicyclic) bond motifs is 4. The highest BCUT2D eigenvalue weighted by Gasteiger charge is 2.50. The number of hydrogen-bond donors (Lipinski definition) is 1. The standard InChI is InChI=1S/C33H38F5N7O3/c1-31(2,3)48-30(46)45-19-5-6-20(45)16-43(15-19)28-22-8-7-21(26-23(33(36,37)38)9-10-24(39)40-26)25(35)27(22)41-29(42-28)47-17-32-11-4-12-44(32)14-18(34)13-32/h7-10,18-20H,4-6,11-17H2,1-3H3,(H2,39,40)/t18-,19-,20+,32+/m1/s1. The van der Waals surface area contributed by atoms with Crippen molar-refractivity contribution in [1.29, 1.82) is 0 Å². The van der Waals surface area contributed by atoms with E-state index in [0.717, 1.165) is 44.4 Å².